The third-order valence-electron chi connectivity index (χ3n) is 2.51. The van der Waals surface area contributed by atoms with Crippen LogP contribution < -0.4 is 0 Å². The molecule has 78 valence electrons. The van der Waals surface area contributed by atoms with Crippen LogP contribution in [-0.2, 0) is 4.74 Å². The van der Waals surface area contributed by atoms with Gasteiger partial charge in [0.15, 0.2) is 5.90 Å². The van der Waals surface area contributed by atoms with Crippen LogP contribution in [0.5, 0.6) is 0 Å². The lowest BCUT2D eigenvalue weighted by Gasteiger charge is -2.26. The SMILES string of the molecule is COC(=NC(C)(C)C(C)C)C(C)C. The lowest BCUT2D eigenvalue weighted by atomic mass is 9.91. The first-order valence-corrected chi connectivity index (χ1v) is 4.95. The number of hydrogen-bond acceptors (Lipinski definition) is 2. The second-order valence-electron chi connectivity index (χ2n) is 4.62. The molecule has 0 aromatic carbocycles. The van der Waals surface area contributed by atoms with Gasteiger partial charge in [-0.05, 0) is 19.8 Å². The molecule has 0 saturated carbocycles. The first-order valence-electron chi connectivity index (χ1n) is 4.95. The molecule has 0 spiro atoms. The van der Waals surface area contributed by atoms with Crippen molar-refractivity contribution in [3.05, 3.63) is 0 Å². The zero-order valence-corrected chi connectivity index (χ0v) is 10.0. The molecular formula is C11H23NO. The predicted octanol–water partition coefficient (Wildman–Crippen LogP) is 3.12. The van der Waals surface area contributed by atoms with Crippen LogP contribution in [0.1, 0.15) is 41.5 Å². The fourth-order valence-corrected chi connectivity index (χ4v) is 0.824. The Labute approximate surface area is 82.4 Å². The van der Waals surface area contributed by atoms with E-state index in [0.29, 0.717) is 11.8 Å². The van der Waals surface area contributed by atoms with Gasteiger partial charge >= 0.3 is 0 Å². The van der Waals surface area contributed by atoms with Crippen LogP contribution in [0.2, 0.25) is 0 Å². The molecule has 2 nitrogen and oxygen atoms in total. The first-order chi connectivity index (χ1) is 5.81. The van der Waals surface area contributed by atoms with Crippen molar-refractivity contribution < 1.29 is 4.74 Å². The Kier molecular flexibility index (Phi) is 4.45. The van der Waals surface area contributed by atoms with Crippen molar-refractivity contribution in [1.29, 1.82) is 0 Å². The second-order valence-corrected chi connectivity index (χ2v) is 4.62. The van der Waals surface area contributed by atoms with Crippen molar-refractivity contribution in [3.63, 3.8) is 0 Å². The van der Waals surface area contributed by atoms with Gasteiger partial charge in [0.25, 0.3) is 0 Å². The van der Waals surface area contributed by atoms with E-state index in [-0.39, 0.29) is 5.54 Å². The summed E-state index contributed by atoms with van der Waals surface area (Å²) in [5, 5.41) is 0. The minimum Gasteiger partial charge on any atom is -0.484 e. The first kappa shape index (κ1) is 12.5. The molecule has 0 aliphatic carbocycles. The number of hydrogen-bond donors (Lipinski definition) is 0. The number of methoxy groups -OCH3 is 1. The van der Waals surface area contributed by atoms with Crippen LogP contribution in [-0.4, -0.2) is 18.5 Å². The number of aliphatic imine (C=N–C) groups is 1. The summed E-state index contributed by atoms with van der Waals surface area (Å²) in [6, 6.07) is 0. The van der Waals surface area contributed by atoms with Crippen molar-refractivity contribution in [1.82, 2.24) is 0 Å². The Bertz CT molecular complexity index is 181. The zero-order valence-electron chi connectivity index (χ0n) is 10.0. The Balaban J connectivity index is 4.67. The third-order valence-corrected chi connectivity index (χ3v) is 2.51. The van der Waals surface area contributed by atoms with Gasteiger partial charge in [0.2, 0.25) is 0 Å². The molecule has 0 bridgehead atoms. The van der Waals surface area contributed by atoms with Crippen LogP contribution in [0.15, 0.2) is 4.99 Å². The maximum absolute atomic E-state index is 5.25. The highest BCUT2D eigenvalue weighted by Crippen LogP contribution is 2.21. The van der Waals surface area contributed by atoms with Gasteiger partial charge in [0.1, 0.15) is 0 Å². The van der Waals surface area contributed by atoms with E-state index in [1.807, 2.05) is 0 Å². The van der Waals surface area contributed by atoms with Gasteiger partial charge in [-0.3, -0.25) is 0 Å². The zero-order chi connectivity index (χ0) is 10.6. The average Bonchev–Trinajstić information content (AvgIpc) is 1.99. The van der Waals surface area contributed by atoms with Gasteiger partial charge < -0.3 is 4.74 Å². The van der Waals surface area contributed by atoms with E-state index in [9.17, 15) is 0 Å². The lowest BCUT2D eigenvalue weighted by molar-refractivity contribution is 0.329. The maximum Gasteiger partial charge on any atom is 0.186 e. The molecule has 13 heavy (non-hydrogen) atoms. The Morgan fingerprint density at radius 1 is 1.15 bits per heavy atom. The molecule has 0 aromatic rings. The van der Waals surface area contributed by atoms with E-state index < -0.39 is 0 Å². The van der Waals surface area contributed by atoms with Crippen molar-refractivity contribution in [2.24, 2.45) is 16.8 Å². The minimum absolute atomic E-state index is 0.0321. The molecule has 0 aromatic heterocycles. The van der Waals surface area contributed by atoms with Gasteiger partial charge in [-0.1, -0.05) is 27.7 Å². The molecule has 0 aliphatic rings. The molecule has 2 heteroatoms. The summed E-state index contributed by atoms with van der Waals surface area (Å²) < 4.78 is 5.25. The topological polar surface area (TPSA) is 21.6 Å². The number of ether oxygens (including phenoxy) is 1. The summed E-state index contributed by atoms with van der Waals surface area (Å²) in [6.45, 7) is 12.8. The third kappa shape index (κ3) is 3.79. The van der Waals surface area contributed by atoms with Crippen LogP contribution >= 0.6 is 0 Å². The molecular weight excluding hydrogens is 162 g/mol. The summed E-state index contributed by atoms with van der Waals surface area (Å²) in [4.78, 5) is 4.62. The minimum atomic E-state index is -0.0321. The summed E-state index contributed by atoms with van der Waals surface area (Å²) in [7, 11) is 1.69. The molecule has 0 atom stereocenters. The monoisotopic (exact) mass is 185 g/mol. The smallest absolute Gasteiger partial charge is 0.186 e. The Morgan fingerprint density at radius 2 is 1.62 bits per heavy atom. The fraction of sp³-hybridized carbons (Fsp3) is 0.909. The molecule has 0 unspecified atom stereocenters. The quantitative estimate of drug-likeness (QED) is 0.489. The summed E-state index contributed by atoms with van der Waals surface area (Å²) in [5.74, 6) is 1.73. The second kappa shape index (κ2) is 4.64. The highest BCUT2D eigenvalue weighted by atomic mass is 16.5. The van der Waals surface area contributed by atoms with Crippen molar-refractivity contribution >= 4 is 5.90 Å². The van der Waals surface area contributed by atoms with Crippen LogP contribution in [0, 0.1) is 11.8 Å². The largest absolute Gasteiger partial charge is 0.484 e. The Morgan fingerprint density at radius 3 is 1.85 bits per heavy atom. The van der Waals surface area contributed by atoms with Gasteiger partial charge in [0.05, 0.1) is 12.6 Å². The molecule has 0 rings (SSSR count). The molecule has 0 amide bonds. The highest BCUT2D eigenvalue weighted by molar-refractivity contribution is 5.78. The fourth-order valence-electron chi connectivity index (χ4n) is 0.824. The van der Waals surface area contributed by atoms with Crippen LogP contribution in [0.4, 0.5) is 0 Å². The van der Waals surface area contributed by atoms with Gasteiger partial charge in [0, 0.05) is 5.92 Å². The highest BCUT2D eigenvalue weighted by Gasteiger charge is 2.22. The van der Waals surface area contributed by atoms with Gasteiger partial charge in [-0.2, -0.15) is 0 Å². The van der Waals surface area contributed by atoms with Gasteiger partial charge in [-0.25, -0.2) is 4.99 Å². The summed E-state index contributed by atoms with van der Waals surface area (Å²) in [5.41, 5.74) is -0.0321. The molecule has 0 fully saturated rings. The Hall–Kier alpha value is -0.530. The molecule has 0 saturated heterocycles. The average molecular weight is 185 g/mol. The molecule has 0 heterocycles. The van der Waals surface area contributed by atoms with E-state index in [1.54, 1.807) is 7.11 Å². The van der Waals surface area contributed by atoms with Crippen LogP contribution in [0.25, 0.3) is 0 Å². The maximum atomic E-state index is 5.25. The van der Waals surface area contributed by atoms with Crippen molar-refractivity contribution in [3.8, 4) is 0 Å². The van der Waals surface area contributed by atoms with Crippen LogP contribution in [0.3, 0.4) is 0 Å². The van der Waals surface area contributed by atoms with Crippen molar-refractivity contribution in [2.45, 2.75) is 47.1 Å². The summed E-state index contributed by atoms with van der Waals surface area (Å²) in [6.07, 6.45) is 0. The lowest BCUT2D eigenvalue weighted by Crippen LogP contribution is -2.28. The standard InChI is InChI=1S/C11H23NO/c1-8(2)10(13-7)12-11(5,6)9(3)4/h8-9H,1-7H3. The van der Waals surface area contributed by atoms with E-state index in [2.05, 4.69) is 46.5 Å². The number of nitrogens with zero attached hydrogens (tertiary/aromatic N) is 1. The molecule has 0 aliphatic heterocycles. The van der Waals surface area contributed by atoms with Gasteiger partial charge in [-0.15, -0.1) is 0 Å². The number of rotatable bonds is 3. The molecule has 0 N–H and O–H groups in total. The summed E-state index contributed by atoms with van der Waals surface area (Å²) >= 11 is 0. The normalized spacial score (nSPS) is 14.1. The van der Waals surface area contributed by atoms with E-state index in [1.165, 1.54) is 0 Å². The van der Waals surface area contributed by atoms with E-state index in [0.717, 1.165) is 5.90 Å². The van der Waals surface area contributed by atoms with Crippen molar-refractivity contribution in [2.75, 3.05) is 7.11 Å². The molecule has 0 radical (unpaired) electrons. The van der Waals surface area contributed by atoms with E-state index in [4.69, 9.17) is 4.74 Å². The van der Waals surface area contributed by atoms with E-state index >= 15 is 0 Å². The predicted molar refractivity (Wildman–Crippen MR) is 58.2 cm³/mol.